The Bertz CT molecular complexity index is 184. The number of rotatable bonds is 4. The number of methoxy groups -OCH3 is 1. The van der Waals surface area contributed by atoms with Crippen molar-refractivity contribution in [3.05, 3.63) is 0 Å². The van der Waals surface area contributed by atoms with Crippen LogP contribution in [0, 0.1) is 17.8 Å². The first-order valence-electron chi connectivity index (χ1n) is 4.81. The van der Waals surface area contributed by atoms with Gasteiger partial charge >= 0.3 is 0 Å². The summed E-state index contributed by atoms with van der Waals surface area (Å²) in [5.74, 6) is -0.478. The first-order chi connectivity index (χ1) is 6.76. The summed E-state index contributed by atoms with van der Waals surface area (Å²) >= 11 is 0. The minimum absolute atomic E-state index is 0.0190. The molecular weight excluding hydrogens is 184 g/mol. The van der Waals surface area contributed by atoms with Gasteiger partial charge in [-0.2, -0.15) is 0 Å². The van der Waals surface area contributed by atoms with E-state index in [1.54, 1.807) is 7.11 Å². The monoisotopic (exact) mass is 200 g/mol. The molecule has 0 aromatic rings. The number of hydrogen-bond donors (Lipinski definition) is 1. The van der Waals surface area contributed by atoms with Gasteiger partial charge in [0.05, 0.1) is 6.10 Å². The maximum atomic E-state index is 10.7. The number of ether oxygens (including phenoxy) is 1. The van der Waals surface area contributed by atoms with Gasteiger partial charge in [0.2, 0.25) is 0 Å². The van der Waals surface area contributed by atoms with Crippen LogP contribution >= 0.6 is 0 Å². The Labute approximate surface area is 83.2 Å². The van der Waals surface area contributed by atoms with Crippen molar-refractivity contribution < 1.29 is 19.4 Å². The van der Waals surface area contributed by atoms with Crippen molar-refractivity contribution in [1.29, 1.82) is 0 Å². The van der Waals surface area contributed by atoms with Gasteiger partial charge < -0.3 is 19.4 Å². The van der Waals surface area contributed by atoms with Crippen LogP contribution in [-0.2, 0) is 14.3 Å². The van der Waals surface area contributed by atoms with E-state index >= 15 is 0 Å². The highest BCUT2D eigenvalue weighted by atomic mass is 16.5. The molecule has 0 aromatic carbocycles. The maximum absolute atomic E-state index is 10.7. The third kappa shape index (κ3) is 2.19. The first kappa shape index (κ1) is 11.3. The fourth-order valence-corrected chi connectivity index (χ4v) is 2.10. The summed E-state index contributed by atoms with van der Waals surface area (Å²) in [7, 11) is 1.55. The fourth-order valence-electron chi connectivity index (χ4n) is 2.10. The van der Waals surface area contributed by atoms with Crippen molar-refractivity contribution in [1.82, 2.24) is 0 Å². The second kappa shape index (κ2) is 5.22. The van der Waals surface area contributed by atoms with Gasteiger partial charge in [0.1, 0.15) is 12.6 Å². The van der Waals surface area contributed by atoms with Gasteiger partial charge in [-0.05, 0) is 18.8 Å². The molecule has 0 aromatic heterocycles. The van der Waals surface area contributed by atoms with Crippen molar-refractivity contribution >= 4 is 12.6 Å². The van der Waals surface area contributed by atoms with E-state index in [-0.39, 0.29) is 30.5 Å². The second-order valence-electron chi connectivity index (χ2n) is 3.79. The highest BCUT2D eigenvalue weighted by molar-refractivity contribution is 5.60. The van der Waals surface area contributed by atoms with Crippen LogP contribution in [0.15, 0.2) is 0 Å². The number of aliphatic hydroxyl groups excluding tert-OH is 1. The Morgan fingerprint density at radius 2 is 1.93 bits per heavy atom. The van der Waals surface area contributed by atoms with Crippen LogP contribution in [0.1, 0.15) is 12.8 Å². The molecule has 1 N–H and O–H groups in total. The van der Waals surface area contributed by atoms with Gasteiger partial charge in [-0.15, -0.1) is 0 Å². The van der Waals surface area contributed by atoms with Crippen molar-refractivity contribution in [2.75, 3.05) is 13.7 Å². The van der Waals surface area contributed by atoms with E-state index in [0.717, 1.165) is 12.6 Å². The van der Waals surface area contributed by atoms with E-state index in [0.29, 0.717) is 12.8 Å². The van der Waals surface area contributed by atoms with Gasteiger partial charge in [0, 0.05) is 25.6 Å². The van der Waals surface area contributed by atoms with Crippen molar-refractivity contribution in [2.45, 2.75) is 18.9 Å². The Hall–Kier alpha value is -0.740. The standard InChI is InChI=1S/C10H16O4/c1-14-10-3-8(5-12)7(4-11)2-9(10)6-13/h4,6-10,12H,2-3,5H2,1H3. The van der Waals surface area contributed by atoms with Crippen LogP contribution in [-0.4, -0.2) is 37.5 Å². The SMILES string of the molecule is COC1CC(CO)C(C=O)CC1C=O. The highest BCUT2D eigenvalue weighted by Gasteiger charge is 2.36. The van der Waals surface area contributed by atoms with Gasteiger partial charge in [-0.25, -0.2) is 0 Å². The zero-order chi connectivity index (χ0) is 10.6. The zero-order valence-electron chi connectivity index (χ0n) is 8.26. The fraction of sp³-hybridized carbons (Fsp3) is 0.800. The number of carbonyl (C=O) groups excluding carboxylic acids is 2. The number of hydrogen-bond acceptors (Lipinski definition) is 4. The summed E-state index contributed by atoms with van der Waals surface area (Å²) in [6.07, 6.45) is 2.61. The molecule has 1 aliphatic carbocycles. The van der Waals surface area contributed by atoms with Crippen molar-refractivity contribution in [3.8, 4) is 0 Å². The Morgan fingerprint density at radius 3 is 2.36 bits per heavy atom. The maximum Gasteiger partial charge on any atom is 0.125 e. The molecule has 4 unspecified atom stereocenters. The van der Waals surface area contributed by atoms with Crippen LogP contribution in [0.3, 0.4) is 0 Å². The minimum Gasteiger partial charge on any atom is -0.396 e. The lowest BCUT2D eigenvalue weighted by atomic mass is 9.74. The van der Waals surface area contributed by atoms with E-state index in [1.165, 1.54) is 0 Å². The molecule has 1 saturated carbocycles. The van der Waals surface area contributed by atoms with E-state index in [4.69, 9.17) is 9.84 Å². The summed E-state index contributed by atoms with van der Waals surface area (Å²) in [6, 6.07) is 0. The molecule has 4 nitrogen and oxygen atoms in total. The molecular formula is C10H16O4. The third-order valence-electron chi connectivity index (χ3n) is 3.05. The molecule has 0 saturated heterocycles. The van der Waals surface area contributed by atoms with E-state index in [2.05, 4.69) is 0 Å². The van der Waals surface area contributed by atoms with Crippen LogP contribution in [0.2, 0.25) is 0 Å². The zero-order valence-corrected chi connectivity index (χ0v) is 8.26. The van der Waals surface area contributed by atoms with Crippen molar-refractivity contribution in [2.24, 2.45) is 17.8 Å². The van der Waals surface area contributed by atoms with Crippen LogP contribution in [0.5, 0.6) is 0 Å². The van der Waals surface area contributed by atoms with E-state index in [1.807, 2.05) is 0 Å². The lowest BCUT2D eigenvalue weighted by Crippen LogP contribution is -2.39. The largest absolute Gasteiger partial charge is 0.396 e. The minimum atomic E-state index is -0.210. The number of aldehydes is 2. The van der Waals surface area contributed by atoms with Crippen molar-refractivity contribution in [3.63, 3.8) is 0 Å². The average Bonchev–Trinajstić information content (AvgIpc) is 2.26. The molecule has 14 heavy (non-hydrogen) atoms. The number of carbonyl (C=O) groups is 2. The predicted octanol–water partition coefficient (Wildman–Crippen LogP) is 0.0339. The molecule has 4 atom stereocenters. The lowest BCUT2D eigenvalue weighted by molar-refractivity contribution is -0.125. The summed E-state index contributed by atoms with van der Waals surface area (Å²) in [4.78, 5) is 21.4. The van der Waals surface area contributed by atoms with Gasteiger partial charge in [0.15, 0.2) is 0 Å². The molecule has 0 bridgehead atoms. The number of aliphatic hydroxyl groups is 1. The molecule has 1 rings (SSSR count). The van der Waals surface area contributed by atoms with Gasteiger partial charge in [-0.3, -0.25) is 0 Å². The van der Waals surface area contributed by atoms with Crippen LogP contribution in [0.25, 0.3) is 0 Å². The molecule has 0 radical (unpaired) electrons. The summed E-state index contributed by atoms with van der Waals surface area (Å²) in [5.41, 5.74) is 0. The van der Waals surface area contributed by atoms with Crippen LogP contribution < -0.4 is 0 Å². The highest BCUT2D eigenvalue weighted by Crippen LogP contribution is 2.33. The van der Waals surface area contributed by atoms with E-state index in [9.17, 15) is 9.59 Å². The topological polar surface area (TPSA) is 63.6 Å². The molecule has 0 amide bonds. The van der Waals surface area contributed by atoms with E-state index < -0.39 is 0 Å². The van der Waals surface area contributed by atoms with Gasteiger partial charge in [0.25, 0.3) is 0 Å². The smallest absolute Gasteiger partial charge is 0.125 e. The quantitative estimate of drug-likeness (QED) is 0.650. The molecule has 1 fully saturated rings. The summed E-state index contributed by atoms with van der Waals surface area (Å²) < 4.78 is 5.16. The molecule has 4 heteroatoms. The second-order valence-corrected chi connectivity index (χ2v) is 3.79. The Kier molecular flexibility index (Phi) is 4.22. The predicted molar refractivity (Wildman–Crippen MR) is 49.7 cm³/mol. The van der Waals surface area contributed by atoms with Gasteiger partial charge in [-0.1, -0.05) is 0 Å². The average molecular weight is 200 g/mol. The lowest BCUT2D eigenvalue weighted by Gasteiger charge is -2.35. The third-order valence-corrected chi connectivity index (χ3v) is 3.05. The summed E-state index contributed by atoms with van der Waals surface area (Å²) in [5, 5.41) is 9.06. The molecule has 0 heterocycles. The Balaban J connectivity index is 2.68. The van der Waals surface area contributed by atoms with Crippen LogP contribution in [0.4, 0.5) is 0 Å². The first-order valence-corrected chi connectivity index (χ1v) is 4.81. The normalized spacial score (nSPS) is 37.9. The Morgan fingerprint density at radius 1 is 1.29 bits per heavy atom. The molecule has 0 aliphatic heterocycles. The molecule has 80 valence electrons. The molecule has 0 spiro atoms. The molecule has 1 aliphatic rings. The summed E-state index contributed by atoms with van der Waals surface area (Å²) in [6.45, 7) is -0.0190.